The molecule has 0 bridgehead atoms. The van der Waals surface area contributed by atoms with E-state index in [4.69, 9.17) is 17.0 Å². The Labute approximate surface area is 120 Å². The zero-order valence-corrected chi connectivity index (χ0v) is 12.4. The first-order valence-electron chi connectivity index (χ1n) is 7.35. The molecule has 0 aromatic carbocycles. The monoisotopic (exact) mass is 285 g/mol. The predicted octanol–water partition coefficient (Wildman–Crippen LogP) is -0.314. The molecule has 1 heterocycles. The van der Waals surface area contributed by atoms with Gasteiger partial charge in [-0.05, 0) is 37.9 Å². The summed E-state index contributed by atoms with van der Waals surface area (Å²) in [4.78, 5) is 1.58. The minimum Gasteiger partial charge on any atom is -0.370 e. The third kappa shape index (κ3) is 5.84. The van der Waals surface area contributed by atoms with Crippen LogP contribution >= 0.6 is 12.2 Å². The molecule has 19 heavy (non-hydrogen) atoms. The summed E-state index contributed by atoms with van der Waals surface area (Å²) in [5.41, 5.74) is 4.22. The van der Waals surface area contributed by atoms with Crippen LogP contribution < -0.4 is 15.6 Å². The molecule has 1 aliphatic carbocycles. The Morgan fingerprint density at radius 1 is 1.21 bits per heavy atom. The van der Waals surface area contributed by atoms with Crippen molar-refractivity contribution in [3.05, 3.63) is 0 Å². The van der Waals surface area contributed by atoms with Crippen LogP contribution in [-0.4, -0.2) is 50.2 Å². The van der Waals surface area contributed by atoms with E-state index < -0.39 is 0 Å². The molecule has 1 saturated heterocycles. The van der Waals surface area contributed by atoms with Gasteiger partial charge in [0, 0.05) is 5.71 Å². The topological polar surface area (TPSA) is 50.1 Å². The Morgan fingerprint density at radius 2 is 1.95 bits per heavy atom. The summed E-state index contributed by atoms with van der Waals surface area (Å²) < 4.78 is 5.34. The van der Waals surface area contributed by atoms with Gasteiger partial charge in [-0.15, -0.1) is 0 Å². The van der Waals surface area contributed by atoms with Crippen LogP contribution in [-0.2, 0) is 4.74 Å². The highest BCUT2D eigenvalue weighted by Gasteiger charge is 2.12. The average molecular weight is 285 g/mol. The molecule has 0 amide bonds. The maximum Gasteiger partial charge on any atom is 0.187 e. The van der Waals surface area contributed by atoms with Crippen molar-refractivity contribution in [3.63, 3.8) is 0 Å². The molecule has 6 heteroatoms. The first kappa shape index (κ1) is 14.7. The third-order valence-electron chi connectivity index (χ3n) is 3.71. The second-order valence-corrected chi connectivity index (χ2v) is 5.63. The van der Waals surface area contributed by atoms with Crippen LogP contribution in [0.2, 0.25) is 0 Å². The Bertz CT molecular complexity index is 308. The average Bonchev–Trinajstić information content (AvgIpc) is 2.47. The summed E-state index contributed by atoms with van der Waals surface area (Å²) >= 11 is 5.23. The lowest BCUT2D eigenvalue weighted by Gasteiger charge is -2.23. The second kappa shape index (κ2) is 8.45. The van der Waals surface area contributed by atoms with Gasteiger partial charge in [-0.25, -0.2) is 0 Å². The molecule has 2 aliphatic rings. The van der Waals surface area contributed by atoms with Gasteiger partial charge >= 0.3 is 0 Å². The molecule has 1 aliphatic heterocycles. The lowest BCUT2D eigenvalue weighted by molar-refractivity contribution is -0.906. The van der Waals surface area contributed by atoms with Crippen LogP contribution in [0.3, 0.4) is 0 Å². The van der Waals surface area contributed by atoms with Crippen molar-refractivity contribution in [2.45, 2.75) is 32.1 Å². The zero-order chi connectivity index (χ0) is 13.3. The normalized spacial score (nSPS) is 20.9. The Morgan fingerprint density at radius 3 is 2.68 bits per heavy atom. The highest BCUT2D eigenvalue weighted by molar-refractivity contribution is 7.80. The molecule has 0 radical (unpaired) electrons. The van der Waals surface area contributed by atoms with E-state index in [9.17, 15) is 0 Å². The minimum absolute atomic E-state index is 0.644. The molecule has 0 aromatic heterocycles. The van der Waals surface area contributed by atoms with E-state index >= 15 is 0 Å². The number of hydrazone groups is 1. The van der Waals surface area contributed by atoms with Gasteiger partial charge in [-0.1, -0.05) is 6.42 Å². The van der Waals surface area contributed by atoms with Gasteiger partial charge in [0.15, 0.2) is 5.11 Å². The van der Waals surface area contributed by atoms with Crippen LogP contribution in [0.1, 0.15) is 32.1 Å². The molecule has 1 saturated carbocycles. The second-order valence-electron chi connectivity index (χ2n) is 5.22. The van der Waals surface area contributed by atoms with E-state index in [2.05, 4.69) is 15.8 Å². The van der Waals surface area contributed by atoms with E-state index in [0.717, 1.165) is 52.2 Å². The summed E-state index contributed by atoms with van der Waals surface area (Å²) in [5.74, 6) is 0. The SMILES string of the molecule is S=C(NCC[NH+]1CCOCC1)NN=C1CCCCC1. The Kier molecular flexibility index (Phi) is 6.53. The van der Waals surface area contributed by atoms with Crippen molar-refractivity contribution in [1.29, 1.82) is 0 Å². The molecule has 5 nitrogen and oxygen atoms in total. The summed E-state index contributed by atoms with van der Waals surface area (Å²) in [7, 11) is 0. The minimum atomic E-state index is 0.644. The zero-order valence-electron chi connectivity index (χ0n) is 11.5. The largest absolute Gasteiger partial charge is 0.370 e. The lowest BCUT2D eigenvalue weighted by Crippen LogP contribution is -3.14. The molecule has 0 aromatic rings. The van der Waals surface area contributed by atoms with Gasteiger partial charge in [-0.2, -0.15) is 5.10 Å². The lowest BCUT2D eigenvalue weighted by atomic mass is 9.99. The molecular weight excluding hydrogens is 260 g/mol. The Hall–Kier alpha value is -0.720. The number of quaternary nitrogens is 1. The standard InChI is InChI=1S/C13H24N4OS/c19-13(16-15-12-4-2-1-3-5-12)14-6-7-17-8-10-18-11-9-17/h1-11H2,(H2,14,16,19)/p+1. The van der Waals surface area contributed by atoms with Crippen LogP contribution in [0, 0.1) is 0 Å². The number of nitrogens with one attached hydrogen (secondary N) is 3. The quantitative estimate of drug-likeness (QED) is 0.490. The molecule has 2 rings (SSSR count). The smallest absolute Gasteiger partial charge is 0.187 e. The summed E-state index contributed by atoms with van der Waals surface area (Å²) in [6, 6.07) is 0. The molecule has 0 atom stereocenters. The fourth-order valence-electron chi connectivity index (χ4n) is 2.50. The van der Waals surface area contributed by atoms with Crippen LogP contribution in [0.25, 0.3) is 0 Å². The fraction of sp³-hybridized carbons (Fsp3) is 0.846. The number of hydrogen-bond acceptors (Lipinski definition) is 3. The van der Waals surface area contributed by atoms with Crippen molar-refractivity contribution in [3.8, 4) is 0 Å². The van der Waals surface area contributed by atoms with E-state index in [1.54, 1.807) is 4.90 Å². The van der Waals surface area contributed by atoms with Gasteiger partial charge in [0.2, 0.25) is 0 Å². The molecule has 3 N–H and O–H groups in total. The van der Waals surface area contributed by atoms with E-state index in [0.29, 0.717) is 5.11 Å². The Balaban J connectivity index is 1.56. The maximum absolute atomic E-state index is 5.34. The number of nitrogens with zero attached hydrogens (tertiary/aromatic N) is 1. The maximum atomic E-state index is 5.34. The van der Waals surface area contributed by atoms with Crippen molar-refractivity contribution in [2.24, 2.45) is 5.10 Å². The third-order valence-corrected chi connectivity index (χ3v) is 3.95. The molecule has 0 unspecified atom stereocenters. The number of morpholine rings is 1. The van der Waals surface area contributed by atoms with Crippen molar-refractivity contribution >= 4 is 23.0 Å². The van der Waals surface area contributed by atoms with Gasteiger partial charge in [0.05, 0.1) is 26.3 Å². The van der Waals surface area contributed by atoms with Gasteiger partial charge in [-0.3, -0.25) is 5.43 Å². The number of hydrogen-bond donors (Lipinski definition) is 3. The van der Waals surface area contributed by atoms with Crippen molar-refractivity contribution in [1.82, 2.24) is 10.7 Å². The fourth-order valence-corrected chi connectivity index (χ4v) is 2.65. The number of rotatable bonds is 4. The van der Waals surface area contributed by atoms with Crippen molar-refractivity contribution < 1.29 is 9.64 Å². The number of thiocarbonyl (C=S) groups is 1. The molecule has 108 valence electrons. The summed E-state index contributed by atoms with van der Waals surface area (Å²) in [5, 5.41) is 8.25. The summed E-state index contributed by atoms with van der Waals surface area (Å²) in [6.45, 7) is 5.94. The van der Waals surface area contributed by atoms with E-state index in [1.165, 1.54) is 25.0 Å². The van der Waals surface area contributed by atoms with Crippen molar-refractivity contribution in [2.75, 3.05) is 39.4 Å². The predicted molar refractivity (Wildman–Crippen MR) is 80.6 cm³/mol. The molecule has 0 spiro atoms. The molecular formula is C13H25N4OS+. The van der Waals surface area contributed by atoms with Crippen LogP contribution in [0.5, 0.6) is 0 Å². The highest BCUT2D eigenvalue weighted by Crippen LogP contribution is 2.13. The first-order chi connectivity index (χ1) is 9.34. The van der Waals surface area contributed by atoms with E-state index in [-0.39, 0.29) is 0 Å². The first-order valence-corrected chi connectivity index (χ1v) is 7.76. The highest BCUT2D eigenvalue weighted by atomic mass is 32.1. The van der Waals surface area contributed by atoms with Gasteiger partial charge in [0.25, 0.3) is 0 Å². The van der Waals surface area contributed by atoms with Gasteiger partial charge in [0.1, 0.15) is 13.1 Å². The summed E-state index contributed by atoms with van der Waals surface area (Å²) in [6.07, 6.45) is 6.10. The van der Waals surface area contributed by atoms with Crippen LogP contribution in [0.4, 0.5) is 0 Å². The van der Waals surface area contributed by atoms with Crippen LogP contribution in [0.15, 0.2) is 5.10 Å². The molecule has 2 fully saturated rings. The van der Waals surface area contributed by atoms with Gasteiger partial charge < -0.3 is 15.0 Å². The number of ether oxygens (including phenoxy) is 1. The van der Waals surface area contributed by atoms with E-state index in [1.807, 2.05) is 0 Å².